The van der Waals surface area contributed by atoms with E-state index in [2.05, 4.69) is 10.6 Å². The first-order valence-electron chi connectivity index (χ1n) is 10.7. The van der Waals surface area contributed by atoms with Gasteiger partial charge in [0.25, 0.3) is 5.91 Å². The van der Waals surface area contributed by atoms with E-state index in [1.807, 2.05) is 19.1 Å². The van der Waals surface area contributed by atoms with E-state index in [-0.39, 0.29) is 35.4 Å². The lowest BCUT2D eigenvalue weighted by Crippen LogP contribution is -2.15. The van der Waals surface area contributed by atoms with Gasteiger partial charge in [-0.1, -0.05) is 40.9 Å². The number of thiophene rings is 1. The van der Waals surface area contributed by atoms with Crippen LogP contribution in [0, 0.1) is 13.8 Å². The van der Waals surface area contributed by atoms with E-state index >= 15 is 0 Å². The molecule has 1 aromatic heterocycles. The predicted molar refractivity (Wildman–Crippen MR) is 139 cm³/mol. The molecule has 0 atom stereocenters. The van der Waals surface area contributed by atoms with Crippen LogP contribution in [0.3, 0.4) is 0 Å². The smallest absolute Gasteiger partial charge is 0.341 e. The molecule has 0 bridgehead atoms. The topological polar surface area (TPSA) is 93.7 Å². The zero-order valence-electron chi connectivity index (χ0n) is 19.4. The quantitative estimate of drug-likeness (QED) is 0.241. The van der Waals surface area contributed by atoms with Gasteiger partial charge in [-0.2, -0.15) is 0 Å². The first-order valence-corrected chi connectivity index (χ1v) is 12.2. The summed E-state index contributed by atoms with van der Waals surface area (Å²) in [6, 6.07) is 12.2. The molecule has 10 heteroatoms. The van der Waals surface area contributed by atoms with E-state index < -0.39 is 5.97 Å². The molecule has 0 saturated carbocycles. The van der Waals surface area contributed by atoms with Gasteiger partial charge in [-0.3, -0.25) is 9.59 Å². The van der Waals surface area contributed by atoms with Crippen LogP contribution in [0.2, 0.25) is 10.0 Å². The van der Waals surface area contributed by atoms with Gasteiger partial charge in [0.15, 0.2) is 0 Å². The van der Waals surface area contributed by atoms with Crippen molar-refractivity contribution in [2.24, 2.45) is 0 Å². The Labute approximate surface area is 217 Å². The van der Waals surface area contributed by atoms with E-state index in [0.29, 0.717) is 38.3 Å². The van der Waals surface area contributed by atoms with Gasteiger partial charge in [0.05, 0.1) is 29.2 Å². The molecule has 2 N–H and O–H groups in total. The third kappa shape index (κ3) is 6.97. The molecule has 3 rings (SSSR count). The summed E-state index contributed by atoms with van der Waals surface area (Å²) in [6.45, 7) is 3.85. The molecule has 1 heterocycles. The fourth-order valence-corrected chi connectivity index (χ4v) is 4.76. The first kappa shape index (κ1) is 26.5. The predicted octanol–water partition coefficient (Wildman–Crippen LogP) is 6.51. The van der Waals surface area contributed by atoms with E-state index in [9.17, 15) is 14.4 Å². The van der Waals surface area contributed by atoms with E-state index in [4.69, 9.17) is 32.7 Å². The van der Waals surface area contributed by atoms with Crippen LogP contribution in [-0.4, -0.2) is 31.5 Å². The number of carbonyl (C=O) groups is 3. The largest absolute Gasteiger partial charge is 0.492 e. The van der Waals surface area contributed by atoms with Crippen LogP contribution in [0.15, 0.2) is 42.5 Å². The number of carbonyl (C=O) groups excluding carboxylic acids is 3. The van der Waals surface area contributed by atoms with Crippen LogP contribution in [0.1, 0.15) is 44.0 Å². The van der Waals surface area contributed by atoms with Gasteiger partial charge < -0.3 is 20.1 Å². The molecular weight excluding hydrogens is 511 g/mol. The van der Waals surface area contributed by atoms with Crippen LogP contribution in [0.4, 0.5) is 10.7 Å². The molecule has 3 aromatic rings. The molecule has 0 unspecified atom stereocenters. The number of rotatable bonds is 9. The maximum atomic E-state index is 12.9. The third-order valence-electron chi connectivity index (χ3n) is 5.00. The Kier molecular flexibility index (Phi) is 9.14. The lowest BCUT2D eigenvalue weighted by atomic mass is 10.1. The van der Waals surface area contributed by atoms with Crippen molar-refractivity contribution >= 4 is 63.0 Å². The highest BCUT2D eigenvalue weighted by atomic mass is 35.5. The van der Waals surface area contributed by atoms with Gasteiger partial charge in [-0.05, 0) is 56.2 Å². The Morgan fingerprint density at radius 1 is 1.00 bits per heavy atom. The summed E-state index contributed by atoms with van der Waals surface area (Å²) < 4.78 is 10.5. The van der Waals surface area contributed by atoms with Crippen molar-refractivity contribution in [3.05, 3.63) is 74.1 Å². The van der Waals surface area contributed by atoms with Crippen molar-refractivity contribution in [1.29, 1.82) is 0 Å². The second-order valence-electron chi connectivity index (χ2n) is 7.65. The number of amides is 2. The highest BCUT2D eigenvalue weighted by Crippen LogP contribution is 2.34. The second-order valence-corrected chi connectivity index (χ2v) is 9.51. The zero-order chi connectivity index (χ0) is 25.5. The number of hydrogen-bond acceptors (Lipinski definition) is 6. The molecule has 0 aliphatic heterocycles. The standard InChI is InChI=1S/C25H24Cl2N2O5S/c1-14-6-9-17(10-7-14)28-23(31)22-15(2)21(25(32)33-3)24(35-22)29-20(30)5-4-12-34-19-11-8-16(26)13-18(19)27/h6-11,13H,4-5,12H2,1-3H3,(H,28,31)(H,29,30). The summed E-state index contributed by atoms with van der Waals surface area (Å²) in [5.41, 5.74) is 2.28. The Morgan fingerprint density at radius 2 is 1.71 bits per heavy atom. The fourth-order valence-electron chi connectivity index (χ4n) is 3.19. The van der Waals surface area contributed by atoms with Gasteiger partial charge in [0.2, 0.25) is 5.91 Å². The molecule has 7 nitrogen and oxygen atoms in total. The van der Waals surface area contributed by atoms with Gasteiger partial charge in [-0.25, -0.2) is 4.79 Å². The van der Waals surface area contributed by atoms with Crippen molar-refractivity contribution in [3.8, 4) is 5.75 Å². The molecular formula is C25H24Cl2N2O5S. The van der Waals surface area contributed by atoms with E-state index in [1.54, 1.807) is 37.3 Å². The lowest BCUT2D eigenvalue weighted by molar-refractivity contribution is -0.116. The van der Waals surface area contributed by atoms with Crippen molar-refractivity contribution in [2.75, 3.05) is 24.4 Å². The minimum absolute atomic E-state index is 0.133. The number of halogens is 2. The fraction of sp³-hybridized carbons (Fsp3) is 0.240. The van der Waals surface area contributed by atoms with E-state index in [0.717, 1.165) is 16.9 Å². The Hall–Kier alpha value is -3.07. The minimum atomic E-state index is -0.635. The van der Waals surface area contributed by atoms with Gasteiger partial charge in [0, 0.05) is 17.1 Å². The third-order valence-corrected chi connectivity index (χ3v) is 6.74. The molecule has 0 radical (unpaired) electrons. The number of ether oxygens (including phenoxy) is 2. The van der Waals surface area contributed by atoms with Crippen LogP contribution < -0.4 is 15.4 Å². The average Bonchev–Trinajstić information content (AvgIpc) is 3.14. The van der Waals surface area contributed by atoms with Gasteiger partial charge >= 0.3 is 5.97 Å². The molecule has 35 heavy (non-hydrogen) atoms. The number of nitrogens with one attached hydrogen (secondary N) is 2. The summed E-state index contributed by atoms with van der Waals surface area (Å²) >= 11 is 13.0. The van der Waals surface area contributed by atoms with Crippen molar-refractivity contribution in [3.63, 3.8) is 0 Å². The van der Waals surface area contributed by atoms with Crippen molar-refractivity contribution < 1.29 is 23.9 Å². The van der Waals surface area contributed by atoms with Crippen LogP contribution in [-0.2, 0) is 9.53 Å². The van der Waals surface area contributed by atoms with Crippen LogP contribution in [0.5, 0.6) is 5.75 Å². The monoisotopic (exact) mass is 534 g/mol. The molecule has 2 aromatic carbocycles. The van der Waals surface area contributed by atoms with E-state index in [1.165, 1.54) is 7.11 Å². The SMILES string of the molecule is COC(=O)c1c(NC(=O)CCCOc2ccc(Cl)cc2Cl)sc(C(=O)Nc2ccc(C)cc2)c1C. The Bertz CT molecular complexity index is 1240. The second kappa shape index (κ2) is 12.1. The number of aryl methyl sites for hydroxylation is 1. The molecule has 0 fully saturated rings. The lowest BCUT2D eigenvalue weighted by Gasteiger charge is -2.09. The highest BCUT2D eigenvalue weighted by molar-refractivity contribution is 7.18. The normalized spacial score (nSPS) is 10.5. The molecule has 2 amide bonds. The minimum Gasteiger partial charge on any atom is -0.492 e. The molecule has 0 spiro atoms. The highest BCUT2D eigenvalue weighted by Gasteiger charge is 2.26. The maximum absolute atomic E-state index is 12.9. The summed E-state index contributed by atoms with van der Waals surface area (Å²) in [5, 5.41) is 6.69. The van der Waals surface area contributed by atoms with Gasteiger partial charge in [-0.15, -0.1) is 11.3 Å². The van der Waals surface area contributed by atoms with Crippen molar-refractivity contribution in [1.82, 2.24) is 0 Å². The maximum Gasteiger partial charge on any atom is 0.341 e. The number of hydrogen-bond donors (Lipinski definition) is 2. The molecule has 0 aliphatic rings. The van der Waals surface area contributed by atoms with Crippen molar-refractivity contribution in [2.45, 2.75) is 26.7 Å². The summed E-state index contributed by atoms with van der Waals surface area (Å²) in [4.78, 5) is 38.1. The van der Waals surface area contributed by atoms with Crippen LogP contribution >= 0.6 is 34.5 Å². The summed E-state index contributed by atoms with van der Waals surface area (Å²) in [5.74, 6) is -0.866. The first-order chi connectivity index (χ1) is 16.7. The summed E-state index contributed by atoms with van der Waals surface area (Å²) in [6.07, 6.45) is 0.539. The number of esters is 1. The number of methoxy groups -OCH3 is 1. The number of anilines is 2. The Balaban J connectivity index is 1.65. The average molecular weight is 535 g/mol. The molecule has 0 aliphatic carbocycles. The Morgan fingerprint density at radius 3 is 2.37 bits per heavy atom. The number of benzene rings is 2. The van der Waals surface area contributed by atoms with Crippen LogP contribution in [0.25, 0.3) is 0 Å². The molecule has 184 valence electrons. The van der Waals surface area contributed by atoms with Gasteiger partial charge in [0.1, 0.15) is 10.8 Å². The molecule has 0 saturated heterocycles. The zero-order valence-corrected chi connectivity index (χ0v) is 21.7. The summed E-state index contributed by atoms with van der Waals surface area (Å²) in [7, 11) is 1.25.